The second-order valence-corrected chi connectivity index (χ2v) is 10.9. The molecule has 0 radical (unpaired) electrons. The molecule has 2 aromatic rings. The molecule has 2 heterocycles. The summed E-state index contributed by atoms with van der Waals surface area (Å²) in [5.74, 6) is -0.104. The standard InChI is InChI=1S/C27H42N4O9/c1-16-12-18(6-7-20(16)39-26-25(36)24(35)23(34)22(15-32)40-26)21(38-17(2)33)13-19-14-31(30-29-19)9-11-37-10-8-28-27(3,4)5/h6-7,12,14,21-26,28,32,34-36H,8-11,13,15H2,1-5H3/t21?,22-,23+,24+,25-,26?/m1/s1. The van der Waals surface area contributed by atoms with Gasteiger partial charge in [-0.05, 0) is 51.0 Å². The zero-order valence-electron chi connectivity index (χ0n) is 23.7. The van der Waals surface area contributed by atoms with E-state index in [0.29, 0.717) is 48.7 Å². The summed E-state index contributed by atoms with van der Waals surface area (Å²) in [6.45, 7) is 11.2. The summed E-state index contributed by atoms with van der Waals surface area (Å²) in [6, 6.07) is 5.12. The average molecular weight is 567 g/mol. The Hall–Kier alpha value is -2.65. The molecule has 2 unspecified atom stereocenters. The number of aliphatic hydroxyl groups is 4. The van der Waals surface area contributed by atoms with E-state index in [0.717, 1.165) is 6.54 Å². The van der Waals surface area contributed by atoms with Crippen LogP contribution in [0, 0.1) is 6.92 Å². The van der Waals surface area contributed by atoms with Gasteiger partial charge in [-0.2, -0.15) is 0 Å². The number of aliphatic hydroxyl groups excluding tert-OH is 4. The van der Waals surface area contributed by atoms with Crippen LogP contribution in [-0.4, -0.2) is 104 Å². The van der Waals surface area contributed by atoms with Crippen LogP contribution in [0.15, 0.2) is 24.4 Å². The van der Waals surface area contributed by atoms with Crippen LogP contribution in [0.2, 0.25) is 0 Å². The van der Waals surface area contributed by atoms with E-state index in [4.69, 9.17) is 18.9 Å². The molecule has 6 atom stereocenters. The van der Waals surface area contributed by atoms with E-state index < -0.39 is 49.4 Å². The molecule has 0 bridgehead atoms. The van der Waals surface area contributed by atoms with Crippen LogP contribution in [0.4, 0.5) is 0 Å². The minimum atomic E-state index is -1.55. The summed E-state index contributed by atoms with van der Waals surface area (Å²) >= 11 is 0. The summed E-state index contributed by atoms with van der Waals surface area (Å²) in [4.78, 5) is 11.9. The van der Waals surface area contributed by atoms with Crippen LogP contribution in [-0.2, 0) is 32.0 Å². The molecule has 13 nitrogen and oxygen atoms in total. The zero-order chi connectivity index (χ0) is 29.4. The zero-order valence-corrected chi connectivity index (χ0v) is 23.7. The van der Waals surface area contributed by atoms with Crippen molar-refractivity contribution in [1.29, 1.82) is 0 Å². The number of aryl methyl sites for hydroxylation is 1. The third-order valence-electron chi connectivity index (χ3n) is 6.32. The van der Waals surface area contributed by atoms with Crippen molar-refractivity contribution >= 4 is 5.97 Å². The lowest BCUT2D eigenvalue weighted by molar-refractivity contribution is -0.277. The number of benzene rings is 1. The molecule has 1 saturated heterocycles. The number of ether oxygens (including phenoxy) is 4. The summed E-state index contributed by atoms with van der Waals surface area (Å²) in [5, 5.41) is 51.4. The molecule has 1 aromatic carbocycles. The first-order valence-electron chi connectivity index (χ1n) is 13.3. The molecule has 3 rings (SSSR count). The fraction of sp³-hybridized carbons (Fsp3) is 0.667. The van der Waals surface area contributed by atoms with Crippen molar-refractivity contribution in [3.05, 3.63) is 41.2 Å². The minimum absolute atomic E-state index is 0.0405. The van der Waals surface area contributed by atoms with Crippen molar-refractivity contribution in [2.75, 3.05) is 26.4 Å². The van der Waals surface area contributed by atoms with Crippen molar-refractivity contribution in [2.24, 2.45) is 0 Å². The Morgan fingerprint density at radius 3 is 2.58 bits per heavy atom. The molecular weight excluding hydrogens is 524 g/mol. The van der Waals surface area contributed by atoms with Gasteiger partial charge in [0.25, 0.3) is 0 Å². The predicted molar refractivity (Wildman–Crippen MR) is 142 cm³/mol. The number of nitrogens with zero attached hydrogens (tertiary/aromatic N) is 3. The quantitative estimate of drug-likeness (QED) is 0.162. The Labute approximate surface area is 234 Å². The Morgan fingerprint density at radius 1 is 1.18 bits per heavy atom. The Kier molecular flexibility index (Phi) is 11.4. The number of hydrogen-bond acceptors (Lipinski definition) is 12. The van der Waals surface area contributed by atoms with Crippen LogP contribution in [0.3, 0.4) is 0 Å². The van der Waals surface area contributed by atoms with Gasteiger partial charge in [0.15, 0.2) is 0 Å². The van der Waals surface area contributed by atoms with Crippen LogP contribution in [0.1, 0.15) is 50.6 Å². The van der Waals surface area contributed by atoms with E-state index in [1.807, 2.05) is 0 Å². The van der Waals surface area contributed by atoms with E-state index in [9.17, 15) is 25.2 Å². The van der Waals surface area contributed by atoms with Gasteiger partial charge in [0.1, 0.15) is 36.3 Å². The van der Waals surface area contributed by atoms with Gasteiger partial charge in [-0.15, -0.1) is 5.10 Å². The van der Waals surface area contributed by atoms with Crippen molar-refractivity contribution in [1.82, 2.24) is 20.3 Å². The largest absolute Gasteiger partial charge is 0.462 e. The monoisotopic (exact) mass is 566 g/mol. The second-order valence-electron chi connectivity index (χ2n) is 10.9. The number of nitrogens with one attached hydrogen (secondary N) is 1. The lowest BCUT2D eigenvalue weighted by atomic mass is 9.99. The van der Waals surface area contributed by atoms with Crippen LogP contribution >= 0.6 is 0 Å². The number of carbonyl (C=O) groups excluding carboxylic acids is 1. The third kappa shape index (κ3) is 9.20. The van der Waals surface area contributed by atoms with E-state index >= 15 is 0 Å². The second kappa shape index (κ2) is 14.3. The Balaban J connectivity index is 1.61. The first kappa shape index (κ1) is 31.9. The highest BCUT2D eigenvalue weighted by atomic mass is 16.7. The maximum absolute atomic E-state index is 11.9. The molecule has 1 fully saturated rings. The molecule has 0 aliphatic carbocycles. The molecule has 40 heavy (non-hydrogen) atoms. The molecule has 0 spiro atoms. The van der Waals surface area contributed by atoms with Crippen LogP contribution < -0.4 is 10.1 Å². The molecule has 5 N–H and O–H groups in total. The van der Waals surface area contributed by atoms with Gasteiger partial charge in [0.05, 0.1) is 32.1 Å². The van der Waals surface area contributed by atoms with Gasteiger partial charge >= 0.3 is 5.97 Å². The van der Waals surface area contributed by atoms with Gasteiger partial charge in [-0.1, -0.05) is 11.3 Å². The highest BCUT2D eigenvalue weighted by molar-refractivity contribution is 5.66. The van der Waals surface area contributed by atoms with E-state index in [-0.39, 0.29) is 5.54 Å². The number of carbonyl (C=O) groups is 1. The van der Waals surface area contributed by atoms with E-state index in [2.05, 4.69) is 36.4 Å². The molecule has 0 amide bonds. The Bertz CT molecular complexity index is 1090. The average Bonchev–Trinajstić information content (AvgIpc) is 3.33. The van der Waals surface area contributed by atoms with Crippen molar-refractivity contribution < 1.29 is 44.2 Å². The van der Waals surface area contributed by atoms with Gasteiger partial charge in [-0.25, -0.2) is 4.68 Å². The first-order chi connectivity index (χ1) is 18.9. The van der Waals surface area contributed by atoms with E-state index in [1.165, 1.54) is 6.92 Å². The molecule has 1 aliphatic rings. The molecule has 0 saturated carbocycles. The number of esters is 1. The maximum atomic E-state index is 11.9. The highest BCUT2D eigenvalue weighted by Crippen LogP contribution is 2.30. The summed E-state index contributed by atoms with van der Waals surface area (Å²) in [6.07, 6.45) is -5.50. The number of hydrogen-bond donors (Lipinski definition) is 5. The lowest BCUT2D eigenvalue weighted by Gasteiger charge is -2.39. The van der Waals surface area contributed by atoms with Gasteiger partial charge in [0, 0.05) is 31.6 Å². The molecule has 1 aliphatic heterocycles. The summed E-state index contributed by atoms with van der Waals surface area (Å²) in [5.41, 5.74) is 2.02. The van der Waals surface area contributed by atoms with Crippen molar-refractivity contribution in [3.8, 4) is 5.75 Å². The number of rotatable bonds is 13. The smallest absolute Gasteiger partial charge is 0.303 e. The molecule has 1 aromatic heterocycles. The third-order valence-corrected chi connectivity index (χ3v) is 6.32. The van der Waals surface area contributed by atoms with Gasteiger partial charge < -0.3 is 44.7 Å². The highest BCUT2D eigenvalue weighted by Gasteiger charge is 2.44. The van der Waals surface area contributed by atoms with Gasteiger partial charge in [0.2, 0.25) is 6.29 Å². The number of aromatic nitrogens is 3. The first-order valence-corrected chi connectivity index (χ1v) is 13.3. The fourth-order valence-corrected chi connectivity index (χ4v) is 4.21. The maximum Gasteiger partial charge on any atom is 0.303 e. The fourth-order valence-electron chi connectivity index (χ4n) is 4.21. The molecular formula is C27H42N4O9. The minimum Gasteiger partial charge on any atom is -0.462 e. The molecule has 224 valence electrons. The Morgan fingerprint density at radius 2 is 1.93 bits per heavy atom. The van der Waals surface area contributed by atoms with Crippen molar-refractivity contribution in [2.45, 2.75) is 89.9 Å². The topological polar surface area (TPSA) is 178 Å². The van der Waals surface area contributed by atoms with Gasteiger partial charge in [-0.3, -0.25) is 4.79 Å². The SMILES string of the molecule is CC(=O)OC(Cc1cn(CCOCCNC(C)(C)C)nn1)c1ccc(OC2O[C@H](CO)[C@H](O)[C@H](O)[C@H]2O)c(C)c1. The summed E-state index contributed by atoms with van der Waals surface area (Å²) < 4.78 is 24.1. The van der Waals surface area contributed by atoms with Crippen LogP contribution in [0.25, 0.3) is 0 Å². The predicted octanol–water partition coefficient (Wildman–Crippen LogP) is 0.0168. The van der Waals surface area contributed by atoms with E-state index in [1.54, 1.807) is 36.0 Å². The lowest BCUT2D eigenvalue weighted by Crippen LogP contribution is -2.60. The van der Waals surface area contributed by atoms with Crippen LogP contribution in [0.5, 0.6) is 5.75 Å². The summed E-state index contributed by atoms with van der Waals surface area (Å²) in [7, 11) is 0. The normalized spacial score (nSPS) is 24.1. The molecule has 13 heteroatoms. The van der Waals surface area contributed by atoms with Crippen molar-refractivity contribution in [3.63, 3.8) is 0 Å².